The molecule has 156 valence electrons. The molecule has 1 amide bonds. The molecule has 2 aromatic rings. The van der Waals surface area contributed by atoms with Gasteiger partial charge in [-0.15, -0.1) is 0 Å². The number of benzene rings is 2. The Kier molecular flexibility index (Phi) is 6.24. The molecular formula is C21H26FN3O3S. The molecule has 29 heavy (non-hydrogen) atoms. The average Bonchev–Trinajstić information content (AvgIpc) is 2.73. The minimum Gasteiger partial charge on any atom is -0.366 e. The Morgan fingerprint density at radius 1 is 1.03 bits per heavy atom. The average molecular weight is 420 g/mol. The van der Waals surface area contributed by atoms with Crippen molar-refractivity contribution < 1.29 is 17.6 Å². The van der Waals surface area contributed by atoms with Gasteiger partial charge in [-0.3, -0.25) is 4.79 Å². The highest BCUT2D eigenvalue weighted by atomic mass is 32.2. The lowest BCUT2D eigenvalue weighted by Gasteiger charge is -2.36. The second-order valence-electron chi connectivity index (χ2n) is 7.37. The lowest BCUT2D eigenvalue weighted by Crippen LogP contribution is -2.49. The molecule has 0 spiro atoms. The maximum atomic E-state index is 14.0. The number of halogens is 1. The fourth-order valence-corrected chi connectivity index (χ4v) is 4.69. The van der Waals surface area contributed by atoms with Crippen LogP contribution in [0, 0.1) is 5.82 Å². The molecule has 0 atom stereocenters. The van der Waals surface area contributed by atoms with Crippen LogP contribution >= 0.6 is 0 Å². The predicted octanol–water partition coefficient (Wildman–Crippen LogP) is 2.82. The van der Waals surface area contributed by atoms with Crippen molar-refractivity contribution in [2.75, 3.05) is 38.1 Å². The third-order valence-electron chi connectivity index (χ3n) is 5.25. The van der Waals surface area contributed by atoms with E-state index >= 15 is 0 Å². The number of hydrogen-bond donors (Lipinski definition) is 0. The van der Waals surface area contributed by atoms with Gasteiger partial charge in [0.1, 0.15) is 5.82 Å². The fraction of sp³-hybridized carbons (Fsp3) is 0.381. The van der Waals surface area contributed by atoms with Gasteiger partial charge in [0, 0.05) is 44.8 Å². The van der Waals surface area contributed by atoms with E-state index in [4.69, 9.17) is 0 Å². The van der Waals surface area contributed by atoms with Crippen LogP contribution in [0.15, 0.2) is 53.4 Å². The quantitative estimate of drug-likeness (QED) is 0.748. The Morgan fingerprint density at radius 2 is 1.69 bits per heavy atom. The van der Waals surface area contributed by atoms with E-state index in [-0.39, 0.29) is 22.7 Å². The second-order valence-corrected chi connectivity index (χ2v) is 9.37. The molecule has 0 aromatic heterocycles. The van der Waals surface area contributed by atoms with E-state index in [1.54, 1.807) is 49.1 Å². The molecule has 1 heterocycles. The standard InChI is InChI=1S/C21H26FN3O3S/c1-16(2)23(3)29(27,28)18-8-6-7-17(15-18)21(26)25-13-11-24(12-14-25)20-10-5-4-9-19(20)22/h4-10,15-16H,11-14H2,1-3H3. The van der Waals surface area contributed by atoms with E-state index in [0.717, 1.165) is 0 Å². The second kappa shape index (κ2) is 8.51. The summed E-state index contributed by atoms with van der Waals surface area (Å²) < 4.78 is 40.7. The van der Waals surface area contributed by atoms with Gasteiger partial charge in [0.2, 0.25) is 10.0 Å². The molecule has 3 rings (SSSR count). The largest absolute Gasteiger partial charge is 0.366 e. The highest BCUT2D eigenvalue weighted by Gasteiger charge is 2.27. The molecule has 1 aliphatic rings. The highest BCUT2D eigenvalue weighted by molar-refractivity contribution is 7.89. The van der Waals surface area contributed by atoms with Crippen LogP contribution in [0.2, 0.25) is 0 Å². The molecule has 2 aromatic carbocycles. The summed E-state index contributed by atoms with van der Waals surface area (Å²) in [5, 5.41) is 0. The lowest BCUT2D eigenvalue weighted by atomic mass is 10.1. The van der Waals surface area contributed by atoms with Crippen molar-refractivity contribution in [1.82, 2.24) is 9.21 Å². The number of sulfonamides is 1. The lowest BCUT2D eigenvalue weighted by molar-refractivity contribution is 0.0746. The van der Waals surface area contributed by atoms with Gasteiger partial charge in [-0.1, -0.05) is 18.2 Å². The Bertz CT molecular complexity index is 986. The molecule has 0 N–H and O–H groups in total. The van der Waals surface area contributed by atoms with E-state index in [2.05, 4.69) is 0 Å². The van der Waals surface area contributed by atoms with Crippen LogP contribution in [0.5, 0.6) is 0 Å². The maximum Gasteiger partial charge on any atom is 0.254 e. The van der Waals surface area contributed by atoms with Crippen LogP contribution in [-0.2, 0) is 10.0 Å². The van der Waals surface area contributed by atoms with E-state index < -0.39 is 10.0 Å². The summed E-state index contributed by atoms with van der Waals surface area (Å²) >= 11 is 0. The monoisotopic (exact) mass is 419 g/mol. The van der Waals surface area contributed by atoms with Gasteiger partial charge in [0.15, 0.2) is 0 Å². The smallest absolute Gasteiger partial charge is 0.254 e. The number of para-hydroxylation sites is 1. The fourth-order valence-electron chi connectivity index (χ4n) is 3.27. The van der Waals surface area contributed by atoms with E-state index in [1.807, 2.05) is 4.90 Å². The summed E-state index contributed by atoms with van der Waals surface area (Å²) in [7, 11) is -2.14. The number of nitrogens with zero attached hydrogens (tertiary/aromatic N) is 3. The van der Waals surface area contributed by atoms with Crippen molar-refractivity contribution in [3.05, 3.63) is 59.9 Å². The van der Waals surface area contributed by atoms with Gasteiger partial charge in [-0.2, -0.15) is 4.31 Å². The van der Waals surface area contributed by atoms with Crippen LogP contribution in [-0.4, -0.2) is 62.8 Å². The van der Waals surface area contributed by atoms with Crippen molar-refractivity contribution >= 4 is 21.6 Å². The molecule has 1 aliphatic heterocycles. The molecular weight excluding hydrogens is 393 g/mol. The molecule has 1 fully saturated rings. The summed E-state index contributed by atoms with van der Waals surface area (Å²) in [5.74, 6) is -0.498. The normalized spacial score (nSPS) is 15.2. The Balaban J connectivity index is 1.73. The molecule has 8 heteroatoms. The van der Waals surface area contributed by atoms with Crippen LogP contribution < -0.4 is 4.90 Å². The Morgan fingerprint density at radius 3 is 2.31 bits per heavy atom. The molecule has 0 saturated carbocycles. The van der Waals surface area contributed by atoms with Gasteiger partial charge in [0.05, 0.1) is 10.6 Å². The van der Waals surface area contributed by atoms with Gasteiger partial charge in [-0.05, 0) is 44.2 Å². The van der Waals surface area contributed by atoms with E-state index in [9.17, 15) is 17.6 Å². The van der Waals surface area contributed by atoms with Crippen LogP contribution in [0.3, 0.4) is 0 Å². The number of rotatable bonds is 5. The van der Waals surface area contributed by atoms with Crippen molar-refractivity contribution in [1.29, 1.82) is 0 Å². The first kappa shape index (κ1) is 21.3. The summed E-state index contributed by atoms with van der Waals surface area (Å²) in [4.78, 5) is 16.6. The molecule has 0 radical (unpaired) electrons. The minimum atomic E-state index is -3.66. The summed E-state index contributed by atoms with van der Waals surface area (Å²) in [5.41, 5.74) is 0.868. The highest BCUT2D eigenvalue weighted by Crippen LogP contribution is 2.22. The van der Waals surface area contributed by atoms with Gasteiger partial charge in [0.25, 0.3) is 5.91 Å². The molecule has 6 nitrogen and oxygen atoms in total. The zero-order chi connectivity index (χ0) is 21.2. The van der Waals surface area contributed by atoms with Gasteiger partial charge in [-0.25, -0.2) is 12.8 Å². The first-order valence-corrected chi connectivity index (χ1v) is 11.0. The molecule has 1 saturated heterocycles. The number of hydrogen-bond acceptors (Lipinski definition) is 4. The molecule has 0 bridgehead atoms. The van der Waals surface area contributed by atoms with Crippen molar-refractivity contribution in [2.45, 2.75) is 24.8 Å². The van der Waals surface area contributed by atoms with E-state index in [0.29, 0.717) is 37.4 Å². The zero-order valence-electron chi connectivity index (χ0n) is 16.9. The topological polar surface area (TPSA) is 60.9 Å². The minimum absolute atomic E-state index is 0.101. The Hall–Kier alpha value is -2.45. The summed E-state index contributed by atoms with van der Waals surface area (Å²) in [6.45, 7) is 5.50. The number of carbonyl (C=O) groups is 1. The maximum absolute atomic E-state index is 14.0. The molecule has 0 unspecified atom stereocenters. The SMILES string of the molecule is CC(C)N(C)S(=O)(=O)c1cccc(C(=O)N2CCN(c3ccccc3F)CC2)c1. The first-order chi connectivity index (χ1) is 13.7. The third kappa shape index (κ3) is 4.43. The van der Waals surface area contributed by atoms with Crippen LogP contribution in [0.1, 0.15) is 24.2 Å². The first-order valence-electron chi connectivity index (χ1n) is 9.58. The van der Waals surface area contributed by atoms with Gasteiger partial charge >= 0.3 is 0 Å². The van der Waals surface area contributed by atoms with Crippen molar-refractivity contribution in [3.8, 4) is 0 Å². The van der Waals surface area contributed by atoms with Crippen molar-refractivity contribution in [2.24, 2.45) is 0 Å². The number of amides is 1. The Labute approximate surface area is 171 Å². The summed E-state index contributed by atoms with van der Waals surface area (Å²) in [6, 6.07) is 12.5. The number of piperazine rings is 1. The van der Waals surface area contributed by atoms with Gasteiger partial charge < -0.3 is 9.80 Å². The number of anilines is 1. The predicted molar refractivity (Wildman–Crippen MR) is 111 cm³/mol. The van der Waals surface area contributed by atoms with Crippen LogP contribution in [0.4, 0.5) is 10.1 Å². The van der Waals surface area contributed by atoms with Crippen molar-refractivity contribution in [3.63, 3.8) is 0 Å². The van der Waals surface area contributed by atoms with E-state index in [1.165, 1.54) is 29.6 Å². The zero-order valence-corrected chi connectivity index (χ0v) is 17.7. The number of carbonyl (C=O) groups excluding carboxylic acids is 1. The summed E-state index contributed by atoms with van der Waals surface area (Å²) in [6.07, 6.45) is 0. The van der Waals surface area contributed by atoms with Crippen LogP contribution in [0.25, 0.3) is 0 Å². The third-order valence-corrected chi connectivity index (χ3v) is 7.27. The molecule has 0 aliphatic carbocycles.